The molecule has 1 fully saturated rings. The molecule has 1 amide bonds. The van der Waals surface area contributed by atoms with E-state index < -0.39 is 5.97 Å². The summed E-state index contributed by atoms with van der Waals surface area (Å²) >= 11 is 0. The molecule has 3 heterocycles. The number of nitrogens with zero attached hydrogens (tertiary/aromatic N) is 4. The van der Waals surface area contributed by atoms with Crippen LogP contribution in [-0.4, -0.2) is 58.9 Å². The van der Waals surface area contributed by atoms with E-state index in [0.717, 1.165) is 25.8 Å². The first kappa shape index (κ1) is 17.5. The monoisotopic (exact) mass is 369 g/mol. The molecule has 1 atom stereocenters. The molecular formula is C19H23N5O3. The number of esters is 1. The molecule has 8 nitrogen and oxygen atoms in total. The smallest absolute Gasteiger partial charge is 0.360 e. The fraction of sp³-hybridized carbons (Fsp3) is 0.474. The molecule has 1 N–H and O–H groups in total. The van der Waals surface area contributed by atoms with Crippen LogP contribution in [0.25, 0.3) is 0 Å². The van der Waals surface area contributed by atoms with Gasteiger partial charge in [-0.25, -0.2) is 4.79 Å². The van der Waals surface area contributed by atoms with E-state index in [1.54, 1.807) is 11.8 Å². The van der Waals surface area contributed by atoms with Crippen molar-refractivity contribution in [3.05, 3.63) is 40.7 Å². The van der Waals surface area contributed by atoms with E-state index in [2.05, 4.69) is 27.4 Å². The minimum atomic E-state index is -0.513. The maximum atomic E-state index is 13.2. The van der Waals surface area contributed by atoms with Crippen LogP contribution >= 0.6 is 0 Å². The molecule has 2 aliphatic rings. The third kappa shape index (κ3) is 3.05. The molecule has 1 aromatic heterocycles. The van der Waals surface area contributed by atoms with Gasteiger partial charge in [-0.2, -0.15) is 10.3 Å². The zero-order valence-electron chi connectivity index (χ0n) is 15.6. The van der Waals surface area contributed by atoms with Gasteiger partial charge in [-0.1, -0.05) is 0 Å². The molecule has 1 saturated heterocycles. The highest BCUT2D eigenvalue weighted by Crippen LogP contribution is 2.34. The molecule has 2 aliphatic heterocycles. The highest BCUT2D eigenvalue weighted by Gasteiger charge is 2.36. The van der Waals surface area contributed by atoms with Gasteiger partial charge in [-0.3, -0.25) is 4.79 Å². The molecule has 1 unspecified atom stereocenters. The molecule has 4 rings (SSSR count). The summed E-state index contributed by atoms with van der Waals surface area (Å²) in [6.45, 7) is 3.62. The number of aromatic amines is 1. The Hall–Kier alpha value is -2.90. The lowest BCUT2D eigenvalue weighted by atomic mass is 10.1. The number of carbonyl (C=O) groups is 2. The van der Waals surface area contributed by atoms with Crippen LogP contribution in [0.1, 0.15) is 57.9 Å². The molecule has 0 spiro atoms. The molecule has 0 saturated carbocycles. The number of hydrogen-bond donors (Lipinski definition) is 1. The van der Waals surface area contributed by atoms with Crippen molar-refractivity contribution in [2.24, 2.45) is 0 Å². The van der Waals surface area contributed by atoms with Crippen LogP contribution in [0.4, 0.5) is 5.69 Å². The Morgan fingerprint density at radius 1 is 1.30 bits per heavy atom. The van der Waals surface area contributed by atoms with Gasteiger partial charge in [0.1, 0.15) is 5.69 Å². The minimum absolute atomic E-state index is 0.0346. The number of carbonyl (C=O) groups excluding carboxylic acids is 2. The van der Waals surface area contributed by atoms with E-state index in [-0.39, 0.29) is 24.2 Å². The van der Waals surface area contributed by atoms with Gasteiger partial charge in [0.15, 0.2) is 5.69 Å². The summed E-state index contributed by atoms with van der Waals surface area (Å²) < 4.78 is 5.06. The van der Waals surface area contributed by atoms with Crippen LogP contribution in [-0.2, 0) is 11.2 Å². The number of fused-ring (bicyclic) bond motifs is 1. The maximum Gasteiger partial charge on any atom is 0.360 e. The number of anilines is 1. The van der Waals surface area contributed by atoms with Crippen LogP contribution in [0.5, 0.6) is 0 Å². The van der Waals surface area contributed by atoms with Crippen LogP contribution < -0.4 is 4.90 Å². The van der Waals surface area contributed by atoms with Gasteiger partial charge >= 0.3 is 5.97 Å². The van der Waals surface area contributed by atoms with E-state index >= 15 is 0 Å². The number of ether oxygens (including phenoxy) is 1. The number of benzene rings is 1. The Balaban J connectivity index is 1.60. The second kappa shape index (κ2) is 7.02. The lowest BCUT2D eigenvalue weighted by Crippen LogP contribution is -2.31. The first-order valence-electron chi connectivity index (χ1n) is 9.33. The van der Waals surface area contributed by atoms with Crippen molar-refractivity contribution in [3.63, 3.8) is 0 Å². The van der Waals surface area contributed by atoms with Crippen molar-refractivity contribution in [1.82, 2.24) is 20.3 Å². The number of H-pyrrole nitrogens is 1. The summed E-state index contributed by atoms with van der Waals surface area (Å²) in [4.78, 5) is 29.3. The second-order valence-corrected chi connectivity index (χ2v) is 6.95. The third-order valence-corrected chi connectivity index (χ3v) is 5.33. The zero-order valence-corrected chi connectivity index (χ0v) is 15.6. The molecular weight excluding hydrogens is 346 g/mol. The van der Waals surface area contributed by atoms with Crippen LogP contribution in [0.2, 0.25) is 0 Å². The Kier molecular flexibility index (Phi) is 4.55. The lowest BCUT2D eigenvalue weighted by molar-refractivity contribution is 0.0512. The molecule has 142 valence electrons. The molecule has 0 aliphatic carbocycles. The van der Waals surface area contributed by atoms with E-state index in [0.29, 0.717) is 17.8 Å². The van der Waals surface area contributed by atoms with Gasteiger partial charge in [0.2, 0.25) is 0 Å². The maximum absolute atomic E-state index is 13.2. The molecule has 1 aromatic carbocycles. The van der Waals surface area contributed by atoms with E-state index in [1.165, 1.54) is 11.3 Å². The van der Waals surface area contributed by atoms with Crippen molar-refractivity contribution < 1.29 is 14.3 Å². The van der Waals surface area contributed by atoms with Gasteiger partial charge < -0.3 is 14.5 Å². The standard InChI is InChI=1S/C19H23N5O3/c1-3-27-19(26)17-16(20-22-21-17)15-5-4-9-24(15)18(25)13-6-7-14-12(11-13)8-10-23(14)2/h6-7,11,15H,3-5,8-10H2,1-2H3,(H,20,21,22). The minimum Gasteiger partial charge on any atom is -0.461 e. The molecule has 0 radical (unpaired) electrons. The van der Waals surface area contributed by atoms with Crippen molar-refractivity contribution in [2.75, 3.05) is 31.6 Å². The summed E-state index contributed by atoms with van der Waals surface area (Å²) in [5.41, 5.74) is 3.72. The van der Waals surface area contributed by atoms with E-state index in [9.17, 15) is 9.59 Å². The van der Waals surface area contributed by atoms with Crippen LogP contribution in [0, 0.1) is 0 Å². The van der Waals surface area contributed by atoms with Crippen molar-refractivity contribution >= 4 is 17.6 Å². The summed E-state index contributed by atoms with van der Waals surface area (Å²) in [7, 11) is 2.06. The van der Waals surface area contributed by atoms with Gasteiger partial charge in [0, 0.05) is 31.4 Å². The average Bonchev–Trinajstić information content (AvgIpc) is 3.40. The fourth-order valence-electron chi connectivity index (χ4n) is 3.98. The zero-order chi connectivity index (χ0) is 19.0. The third-order valence-electron chi connectivity index (χ3n) is 5.33. The van der Waals surface area contributed by atoms with Gasteiger partial charge in [-0.05, 0) is 49.9 Å². The van der Waals surface area contributed by atoms with E-state index in [4.69, 9.17) is 4.74 Å². The number of rotatable bonds is 4. The summed E-state index contributed by atoms with van der Waals surface area (Å²) in [6, 6.07) is 5.62. The van der Waals surface area contributed by atoms with Crippen molar-refractivity contribution in [2.45, 2.75) is 32.2 Å². The number of likely N-dealkylation sites (N-methyl/N-ethyl adjacent to an activating group) is 1. The normalized spacial score (nSPS) is 18.7. The quantitative estimate of drug-likeness (QED) is 0.829. The molecule has 2 aromatic rings. The SMILES string of the molecule is CCOC(=O)c1n[nH]nc1C1CCCN1C(=O)c1ccc2c(c1)CCN2C. The van der Waals surface area contributed by atoms with Gasteiger partial charge in [0.25, 0.3) is 5.91 Å². The predicted octanol–water partition coefficient (Wildman–Crippen LogP) is 1.95. The summed E-state index contributed by atoms with van der Waals surface area (Å²) in [5.74, 6) is -0.547. The Bertz CT molecular complexity index is 878. The van der Waals surface area contributed by atoms with Crippen molar-refractivity contribution in [3.8, 4) is 0 Å². The highest BCUT2D eigenvalue weighted by molar-refractivity contribution is 5.96. The first-order valence-corrected chi connectivity index (χ1v) is 9.33. The number of hydrogen-bond acceptors (Lipinski definition) is 6. The average molecular weight is 369 g/mol. The van der Waals surface area contributed by atoms with E-state index in [1.807, 2.05) is 18.2 Å². The summed E-state index contributed by atoms with van der Waals surface area (Å²) in [6.07, 6.45) is 2.56. The van der Waals surface area contributed by atoms with Gasteiger partial charge in [-0.15, -0.1) is 5.10 Å². The topological polar surface area (TPSA) is 91.4 Å². The lowest BCUT2D eigenvalue weighted by Gasteiger charge is -2.24. The van der Waals surface area contributed by atoms with Crippen molar-refractivity contribution in [1.29, 1.82) is 0 Å². The Morgan fingerprint density at radius 3 is 2.96 bits per heavy atom. The molecule has 27 heavy (non-hydrogen) atoms. The second-order valence-electron chi connectivity index (χ2n) is 6.95. The Labute approximate surface area is 157 Å². The molecule has 8 heteroatoms. The molecule has 0 bridgehead atoms. The first-order chi connectivity index (χ1) is 13.1. The highest BCUT2D eigenvalue weighted by atomic mass is 16.5. The number of aromatic nitrogens is 3. The number of amides is 1. The van der Waals surface area contributed by atoms with Crippen LogP contribution in [0.15, 0.2) is 18.2 Å². The summed E-state index contributed by atoms with van der Waals surface area (Å²) in [5, 5.41) is 10.6. The number of likely N-dealkylation sites (tertiary alicyclic amines) is 1. The largest absolute Gasteiger partial charge is 0.461 e. The Morgan fingerprint density at radius 2 is 2.15 bits per heavy atom. The fourth-order valence-corrected chi connectivity index (χ4v) is 3.98. The predicted molar refractivity (Wildman–Crippen MR) is 98.8 cm³/mol. The number of nitrogens with one attached hydrogen (secondary N) is 1. The van der Waals surface area contributed by atoms with Crippen LogP contribution in [0.3, 0.4) is 0 Å². The van der Waals surface area contributed by atoms with Gasteiger partial charge in [0.05, 0.1) is 12.6 Å².